The lowest BCUT2D eigenvalue weighted by Gasteiger charge is -2.19. The van der Waals surface area contributed by atoms with Crippen LogP contribution in [0.3, 0.4) is 0 Å². The first kappa shape index (κ1) is 23.8. The van der Waals surface area contributed by atoms with E-state index in [-0.39, 0.29) is 5.91 Å². The molecule has 0 heterocycles. The predicted molar refractivity (Wildman–Crippen MR) is 114 cm³/mol. The van der Waals surface area contributed by atoms with Crippen LogP contribution >= 0.6 is 0 Å². The number of benzene rings is 1. The van der Waals surface area contributed by atoms with Gasteiger partial charge in [-0.3, -0.25) is 4.79 Å². The summed E-state index contributed by atoms with van der Waals surface area (Å²) >= 11 is 0. The Morgan fingerprint density at radius 1 is 1.07 bits per heavy atom. The standard InChI is InChI=1S/C21H36N4O3/c1-5-25(6-2)20(26)13-15-23-21(22-14-8-16-28-7-3)24-17-18-9-11-19(27-4)12-10-18/h9-12H,5-8,13-17H2,1-4H3,(H2,22,23,24). The van der Waals surface area contributed by atoms with Crippen molar-refractivity contribution in [1.82, 2.24) is 15.5 Å². The lowest BCUT2D eigenvalue weighted by atomic mass is 10.2. The van der Waals surface area contributed by atoms with Gasteiger partial charge < -0.3 is 25.0 Å². The second-order valence-electron chi connectivity index (χ2n) is 6.23. The van der Waals surface area contributed by atoms with Crippen LogP contribution in [0.15, 0.2) is 29.3 Å². The van der Waals surface area contributed by atoms with E-state index < -0.39 is 0 Å². The third-order valence-electron chi connectivity index (χ3n) is 4.29. The average Bonchev–Trinajstić information content (AvgIpc) is 2.72. The summed E-state index contributed by atoms with van der Waals surface area (Å²) < 4.78 is 10.6. The molecule has 0 aliphatic rings. The van der Waals surface area contributed by atoms with Crippen LogP contribution < -0.4 is 15.4 Å². The number of hydrogen-bond donors (Lipinski definition) is 2. The maximum atomic E-state index is 12.2. The Morgan fingerprint density at radius 3 is 2.36 bits per heavy atom. The van der Waals surface area contributed by atoms with Crippen molar-refractivity contribution in [2.75, 3.05) is 46.5 Å². The molecule has 0 fully saturated rings. The first-order chi connectivity index (χ1) is 13.6. The summed E-state index contributed by atoms with van der Waals surface area (Å²) in [6.07, 6.45) is 1.35. The van der Waals surface area contributed by atoms with E-state index in [1.165, 1.54) is 0 Å². The van der Waals surface area contributed by atoms with Gasteiger partial charge in [-0.05, 0) is 44.9 Å². The molecule has 7 heteroatoms. The number of amides is 1. The Bertz CT molecular complexity index is 572. The van der Waals surface area contributed by atoms with E-state index in [9.17, 15) is 4.79 Å². The molecule has 0 spiro atoms. The fraction of sp³-hybridized carbons (Fsp3) is 0.619. The summed E-state index contributed by atoms with van der Waals surface area (Å²) in [5.74, 6) is 1.69. The lowest BCUT2D eigenvalue weighted by Crippen LogP contribution is -2.40. The average molecular weight is 393 g/mol. The van der Waals surface area contributed by atoms with Gasteiger partial charge in [-0.1, -0.05) is 12.1 Å². The van der Waals surface area contributed by atoms with Crippen molar-refractivity contribution >= 4 is 11.9 Å². The number of nitrogens with one attached hydrogen (secondary N) is 2. The molecule has 1 aromatic rings. The predicted octanol–water partition coefficient (Wildman–Crippen LogP) is 2.42. The fourth-order valence-corrected chi connectivity index (χ4v) is 2.62. The molecule has 0 bridgehead atoms. The highest BCUT2D eigenvalue weighted by atomic mass is 16.5. The summed E-state index contributed by atoms with van der Waals surface area (Å²) in [5, 5.41) is 6.57. The quantitative estimate of drug-likeness (QED) is 0.306. The van der Waals surface area contributed by atoms with E-state index in [4.69, 9.17) is 9.47 Å². The number of methoxy groups -OCH3 is 1. The van der Waals surface area contributed by atoms with E-state index in [0.717, 1.165) is 50.6 Å². The van der Waals surface area contributed by atoms with Crippen molar-refractivity contribution in [2.24, 2.45) is 4.99 Å². The molecule has 7 nitrogen and oxygen atoms in total. The molecular formula is C21H36N4O3. The van der Waals surface area contributed by atoms with Crippen molar-refractivity contribution in [2.45, 2.75) is 40.2 Å². The molecule has 1 amide bonds. The molecule has 28 heavy (non-hydrogen) atoms. The van der Waals surface area contributed by atoms with Crippen LogP contribution in [0, 0.1) is 0 Å². The Hall–Kier alpha value is -2.28. The number of carbonyl (C=O) groups is 1. The zero-order valence-electron chi connectivity index (χ0n) is 17.8. The van der Waals surface area contributed by atoms with Crippen LogP contribution in [0.5, 0.6) is 5.75 Å². The molecule has 0 aliphatic heterocycles. The Balaban J connectivity index is 2.57. The molecule has 0 atom stereocenters. The van der Waals surface area contributed by atoms with Gasteiger partial charge in [-0.15, -0.1) is 0 Å². The molecule has 0 saturated carbocycles. The Labute approximate surface area is 169 Å². The van der Waals surface area contributed by atoms with Gasteiger partial charge >= 0.3 is 0 Å². The second kappa shape index (κ2) is 14.7. The van der Waals surface area contributed by atoms with Gasteiger partial charge in [0.15, 0.2) is 5.96 Å². The van der Waals surface area contributed by atoms with Crippen molar-refractivity contribution < 1.29 is 14.3 Å². The summed E-state index contributed by atoms with van der Waals surface area (Å²) in [7, 11) is 1.65. The first-order valence-electron chi connectivity index (χ1n) is 10.1. The normalized spacial score (nSPS) is 11.2. The molecule has 1 rings (SSSR count). The van der Waals surface area contributed by atoms with Crippen molar-refractivity contribution in [3.8, 4) is 5.75 Å². The second-order valence-corrected chi connectivity index (χ2v) is 6.23. The van der Waals surface area contributed by atoms with E-state index in [2.05, 4.69) is 15.6 Å². The molecule has 0 aliphatic carbocycles. The summed E-state index contributed by atoms with van der Waals surface area (Å²) in [6.45, 7) is 10.8. The van der Waals surface area contributed by atoms with Gasteiger partial charge in [0.2, 0.25) is 5.91 Å². The number of carbonyl (C=O) groups excluding carboxylic acids is 1. The zero-order chi connectivity index (χ0) is 20.6. The molecule has 2 N–H and O–H groups in total. The van der Waals surface area contributed by atoms with Crippen LogP contribution in [-0.4, -0.2) is 63.3 Å². The van der Waals surface area contributed by atoms with E-state index >= 15 is 0 Å². The minimum absolute atomic E-state index is 0.156. The van der Waals surface area contributed by atoms with Gasteiger partial charge in [-0.2, -0.15) is 0 Å². The Morgan fingerprint density at radius 2 is 1.75 bits per heavy atom. The third-order valence-corrected chi connectivity index (χ3v) is 4.29. The van der Waals surface area contributed by atoms with Gasteiger partial charge in [0.05, 0.1) is 13.7 Å². The minimum atomic E-state index is 0.156. The van der Waals surface area contributed by atoms with Crippen LogP contribution in [0.2, 0.25) is 0 Å². The van der Waals surface area contributed by atoms with Gasteiger partial charge in [0.1, 0.15) is 5.75 Å². The summed E-state index contributed by atoms with van der Waals surface area (Å²) in [6, 6.07) is 7.85. The van der Waals surface area contributed by atoms with Gasteiger partial charge in [0, 0.05) is 45.8 Å². The topological polar surface area (TPSA) is 75.2 Å². The third kappa shape index (κ3) is 9.60. The first-order valence-corrected chi connectivity index (χ1v) is 10.1. The Kier molecular flexibility index (Phi) is 12.5. The highest BCUT2D eigenvalue weighted by molar-refractivity contribution is 5.81. The highest BCUT2D eigenvalue weighted by Gasteiger charge is 2.09. The SMILES string of the molecule is CCOCCCNC(=NCc1ccc(OC)cc1)NCCC(=O)N(CC)CC. The fourth-order valence-electron chi connectivity index (χ4n) is 2.62. The van der Waals surface area contributed by atoms with Crippen molar-refractivity contribution in [3.63, 3.8) is 0 Å². The number of rotatable bonds is 13. The molecule has 0 saturated heterocycles. The van der Waals surface area contributed by atoms with Crippen molar-refractivity contribution in [3.05, 3.63) is 29.8 Å². The van der Waals surface area contributed by atoms with Gasteiger partial charge in [-0.25, -0.2) is 4.99 Å². The summed E-state index contributed by atoms with van der Waals surface area (Å²) in [5.41, 5.74) is 1.09. The molecular weight excluding hydrogens is 356 g/mol. The van der Waals surface area contributed by atoms with Crippen LogP contribution in [0.1, 0.15) is 39.2 Å². The smallest absolute Gasteiger partial charge is 0.224 e. The molecule has 0 aromatic heterocycles. The summed E-state index contributed by atoms with van der Waals surface area (Å²) in [4.78, 5) is 18.6. The molecule has 0 unspecified atom stereocenters. The number of hydrogen-bond acceptors (Lipinski definition) is 4. The molecule has 0 radical (unpaired) electrons. The van der Waals surface area contributed by atoms with Crippen LogP contribution in [0.25, 0.3) is 0 Å². The van der Waals surface area contributed by atoms with E-state index in [1.807, 2.05) is 49.9 Å². The van der Waals surface area contributed by atoms with Crippen molar-refractivity contribution in [1.29, 1.82) is 0 Å². The maximum Gasteiger partial charge on any atom is 0.224 e. The number of ether oxygens (including phenoxy) is 2. The number of guanidine groups is 1. The number of aliphatic imine (C=N–C) groups is 1. The molecule has 158 valence electrons. The van der Waals surface area contributed by atoms with E-state index in [1.54, 1.807) is 7.11 Å². The van der Waals surface area contributed by atoms with E-state index in [0.29, 0.717) is 25.5 Å². The minimum Gasteiger partial charge on any atom is -0.497 e. The maximum absolute atomic E-state index is 12.2. The number of nitrogens with zero attached hydrogens (tertiary/aromatic N) is 2. The lowest BCUT2D eigenvalue weighted by molar-refractivity contribution is -0.130. The monoisotopic (exact) mass is 392 g/mol. The van der Waals surface area contributed by atoms with Gasteiger partial charge in [0.25, 0.3) is 0 Å². The van der Waals surface area contributed by atoms with Crippen LogP contribution in [0.4, 0.5) is 0 Å². The highest BCUT2D eigenvalue weighted by Crippen LogP contribution is 2.11. The zero-order valence-corrected chi connectivity index (χ0v) is 17.8. The largest absolute Gasteiger partial charge is 0.497 e. The van der Waals surface area contributed by atoms with Crippen LogP contribution in [-0.2, 0) is 16.1 Å². The molecule has 1 aromatic carbocycles.